The standard InChI is InChI=1S/C27H30N2O2/c1-18(24-8-4-6-19-5-2-3-7-25(19)24)28-22-13-14-29(17-22)23-12-11-20-9-10-21(15-27(30)31)26(20)16-23/h2-8,11-12,16,18,21-22,28H,9-10,13-15,17H2,1H3,(H,30,31)/t18-,21-,22+/m1/s1. The SMILES string of the molecule is C[C@@H](N[C@H]1CCN(c2ccc3c(c2)[C@@H](CC(=O)O)CC3)C1)c1cccc2ccccc12. The molecule has 160 valence electrons. The number of benzene rings is 3. The zero-order valence-electron chi connectivity index (χ0n) is 18.1. The number of nitrogens with one attached hydrogen (secondary N) is 1. The first-order valence-electron chi connectivity index (χ1n) is 11.4. The van der Waals surface area contributed by atoms with E-state index < -0.39 is 5.97 Å². The van der Waals surface area contributed by atoms with Crippen LogP contribution in [-0.2, 0) is 11.2 Å². The van der Waals surface area contributed by atoms with Crippen molar-refractivity contribution in [2.75, 3.05) is 18.0 Å². The first-order valence-corrected chi connectivity index (χ1v) is 11.4. The minimum atomic E-state index is -0.698. The molecule has 5 rings (SSSR count). The molecule has 1 fully saturated rings. The quantitative estimate of drug-likeness (QED) is 0.577. The van der Waals surface area contributed by atoms with Crippen molar-refractivity contribution in [1.82, 2.24) is 5.32 Å². The smallest absolute Gasteiger partial charge is 0.303 e. The van der Waals surface area contributed by atoms with Crippen molar-refractivity contribution in [2.24, 2.45) is 0 Å². The fourth-order valence-electron chi connectivity index (χ4n) is 5.50. The van der Waals surface area contributed by atoms with Crippen molar-refractivity contribution < 1.29 is 9.90 Å². The molecule has 1 saturated heterocycles. The third kappa shape index (κ3) is 4.05. The van der Waals surface area contributed by atoms with Gasteiger partial charge in [-0.1, -0.05) is 48.5 Å². The molecule has 3 aromatic carbocycles. The number of aliphatic carboxylic acids is 1. The van der Waals surface area contributed by atoms with Crippen molar-refractivity contribution >= 4 is 22.4 Å². The monoisotopic (exact) mass is 414 g/mol. The largest absolute Gasteiger partial charge is 0.481 e. The highest BCUT2D eigenvalue weighted by Gasteiger charge is 2.28. The van der Waals surface area contributed by atoms with E-state index in [1.54, 1.807) is 0 Å². The van der Waals surface area contributed by atoms with Crippen LogP contribution in [0.1, 0.15) is 54.8 Å². The fourth-order valence-corrected chi connectivity index (χ4v) is 5.50. The topological polar surface area (TPSA) is 52.6 Å². The van der Waals surface area contributed by atoms with Gasteiger partial charge in [0.2, 0.25) is 0 Å². The summed E-state index contributed by atoms with van der Waals surface area (Å²) in [7, 11) is 0. The van der Waals surface area contributed by atoms with E-state index in [1.807, 2.05) is 0 Å². The Kier molecular flexibility index (Phi) is 5.41. The molecule has 2 N–H and O–H groups in total. The minimum absolute atomic E-state index is 0.162. The van der Waals surface area contributed by atoms with Gasteiger partial charge in [0.15, 0.2) is 0 Å². The lowest BCUT2D eigenvalue weighted by molar-refractivity contribution is -0.137. The summed E-state index contributed by atoms with van der Waals surface area (Å²) in [6.45, 7) is 4.27. The van der Waals surface area contributed by atoms with Crippen LogP contribution in [0.4, 0.5) is 5.69 Å². The molecule has 2 aliphatic rings. The maximum atomic E-state index is 11.2. The molecule has 0 spiro atoms. The molecule has 1 heterocycles. The van der Waals surface area contributed by atoms with E-state index in [4.69, 9.17) is 0 Å². The summed E-state index contributed by atoms with van der Waals surface area (Å²) < 4.78 is 0. The average molecular weight is 415 g/mol. The van der Waals surface area contributed by atoms with Crippen LogP contribution in [0.2, 0.25) is 0 Å². The van der Waals surface area contributed by atoms with Gasteiger partial charge in [0.1, 0.15) is 0 Å². The maximum absolute atomic E-state index is 11.2. The second kappa shape index (κ2) is 8.35. The Bertz CT molecular complexity index is 1100. The minimum Gasteiger partial charge on any atom is -0.481 e. The Hall–Kier alpha value is -2.85. The van der Waals surface area contributed by atoms with Crippen molar-refractivity contribution in [3.05, 3.63) is 77.4 Å². The van der Waals surface area contributed by atoms with Crippen molar-refractivity contribution in [3.8, 4) is 0 Å². The van der Waals surface area contributed by atoms with Gasteiger partial charge in [-0.05, 0) is 71.7 Å². The van der Waals surface area contributed by atoms with Gasteiger partial charge in [-0.25, -0.2) is 0 Å². The van der Waals surface area contributed by atoms with E-state index >= 15 is 0 Å². The van der Waals surface area contributed by atoms with Crippen LogP contribution in [0.15, 0.2) is 60.7 Å². The van der Waals surface area contributed by atoms with Crippen molar-refractivity contribution in [3.63, 3.8) is 0 Å². The highest BCUT2D eigenvalue weighted by Crippen LogP contribution is 2.38. The van der Waals surface area contributed by atoms with Crippen LogP contribution in [0.25, 0.3) is 10.8 Å². The molecule has 0 aromatic heterocycles. The van der Waals surface area contributed by atoms with E-state index in [0.717, 1.165) is 32.4 Å². The molecule has 1 aliphatic carbocycles. The normalized spacial score (nSPS) is 21.4. The van der Waals surface area contributed by atoms with Gasteiger partial charge < -0.3 is 15.3 Å². The summed E-state index contributed by atoms with van der Waals surface area (Å²) in [5.74, 6) is -0.536. The molecular weight excluding hydrogens is 384 g/mol. The van der Waals surface area contributed by atoms with Crippen LogP contribution in [0.5, 0.6) is 0 Å². The molecule has 31 heavy (non-hydrogen) atoms. The molecule has 0 radical (unpaired) electrons. The lowest BCUT2D eigenvalue weighted by atomic mass is 9.97. The van der Waals surface area contributed by atoms with Gasteiger partial charge in [0.05, 0.1) is 6.42 Å². The van der Waals surface area contributed by atoms with Crippen molar-refractivity contribution in [1.29, 1.82) is 0 Å². The third-order valence-electron chi connectivity index (χ3n) is 7.08. The third-order valence-corrected chi connectivity index (χ3v) is 7.08. The van der Waals surface area contributed by atoms with E-state index in [1.165, 1.54) is 33.2 Å². The van der Waals surface area contributed by atoms with E-state index in [0.29, 0.717) is 6.04 Å². The Balaban J connectivity index is 1.28. The number of hydrogen-bond donors (Lipinski definition) is 2. The number of nitrogens with zero attached hydrogens (tertiary/aromatic N) is 1. The van der Waals surface area contributed by atoms with Gasteiger partial charge in [0, 0.05) is 30.9 Å². The number of hydrogen-bond acceptors (Lipinski definition) is 3. The second-order valence-corrected chi connectivity index (χ2v) is 9.10. The predicted molar refractivity (Wildman–Crippen MR) is 126 cm³/mol. The number of anilines is 1. The Morgan fingerprint density at radius 1 is 1.13 bits per heavy atom. The van der Waals surface area contributed by atoms with Gasteiger partial charge in [0.25, 0.3) is 0 Å². The van der Waals surface area contributed by atoms with Gasteiger partial charge >= 0.3 is 5.97 Å². The first-order chi connectivity index (χ1) is 15.1. The number of fused-ring (bicyclic) bond motifs is 2. The van der Waals surface area contributed by atoms with Crippen LogP contribution in [0, 0.1) is 0 Å². The zero-order chi connectivity index (χ0) is 21.4. The summed E-state index contributed by atoms with van der Waals surface area (Å²) in [6.07, 6.45) is 3.31. The van der Waals surface area contributed by atoms with Gasteiger partial charge in [-0.2, -0.15) is 0 Å². The summed E-state index contributed by atoms with van der Waals surface area (Å²) in [6, 6.07) is 22.6. The zero-order valence-corrected chi connectivity index (χ0v) is 18.1. The Morgan fingerprint density at radius 3 is 2.84 bits per heavy atom. The second-order valence-electron chi connectivity index (χ2n) is 9.10. The van der Waals surface area contributed by atoms with Crippen LogP contribution in [0.3, 0.4) is 0 Å². The van der Waals surface area contributed by atoms with E-state index in [2.05, 4.69) is 77.8 Å². The number of carbonyl (C=O) groups is 1. The Morgan fingerprint density at radius 2 is 1.97 bits per heavy atom. The number of carboxylic acid groups (broad SMARTS) is 1. The lowest BCUT2D eigenvalue weighted by Crippen LogP contribution is -2.34. The van der Waals surface area contributed by atoms with E-state index in [-0.39, 0.29) is 18.4 Å². The molecule has 0 saturated carbocycles. The Labute approximate surface area is 183 Å². The highest BCUT2D eigenvalue weighted by atomic mass is 16.4. The molecule has 0 amide bonds. The molecule has 4 nitrogen and oxygen atoms in total. The molecule has 3 aromatic rings. The summed E-state index contributed by atoms with van der Waals surface area (Å²) in [5, 5.41) is 15.7. The molecule has 0 bridgehead atoms. The van der Waals surface area contributed by atoms with Gasteiger partial charge in [-0.15, -0.1) is 0 Å². The van der Waals surface area contributed by atoms with Crippen LogP contribution < -0.4 is 10.2 Å². The van der Waals surface area contributed by atoms with Gasteiger partial charge in [-0.3, -0.25) is 4.79 Å². The fraction of sp³-hybridized carbons (Fsp3) is 0.370. The van der Waals surface area contributed by atoms with Crippen LogP contribution >= 0.6 is 0 Å². The number of carboxylic acids is 1. The highest BCUT2D eigenvalue weighted by molar-refractivity contribution is 5.86. The number of rotatable bonds is 6. The molecule has 1 aliphatic heterocycles. The summed E-state index contributed by atoms with van der Waals surface area (Å²) in [5.41, 5.74) is 5.16. The molecule has 4 heteroatoms. The average Bonchev–Trinajstić information content (AvgIpc) is 3.40. The lowest BCUT2D eigenvalue weighted by Gasteiger charge is -2.23. The first kappa shape index (κ1) is 20.1. The predicted octanol–water partition coefficient (Wildman–Crippen LogP) is 5.27. The number of aryl methyl sites for hydroxylation is 1. The molecular formula is C27H30N2O2. The van der Waals surface area contributed by atoms with E-state index in [9.17, 15) is 9.90 Å². The maximum Gasteiger partial charge on any atom is 0.303 e. The molecule has 0 unspecified atom stereocenters. The molecule has 3 atom stereocenters. The van der Waals surface area contributed by atoms with Crippen LogP contribution in [-0.4, -0.2) is 30.2 Å². The summed E-state index contributed by atoms with van der Waals surface area (Å²) >= 11 is 0. The van der Waals surface area contributed by atoms with Crippen molar-refractivity contribution in [2.45, 2.75) is 50.6 Å². The summed E-state index contributed by atoms with van der Waals surface area (Å²) in [4.78, 5) is 13.7.